The number of methoxy groups -OCH3 is 3. The molecule has 0 spiro atoms. The Morgan fingerprint density at radius 2 is 1.12 bits per heavy atom. The van der Waals surface area contributed by atoms with Gasteiger partial charge >= 0.3 is 11.9 Å². The number of rotatable bonds is 19. The Morgan fingerprint density at radius 1 is 0.600 bits per heavy atom. The zero-order valence-electron chi connectivity index (χ0n) is 52.1. The molecule has 7 N–H and O–H groups in total. The van der Waals surface area contributed by atoms with Gasteiger partial charge < -0.3 is 107 Å². The second kappa shape index (κ2) is 27.1. The molecule has 9 rings (SSSR count). The number of esters is 2. The minimum absolute atomic E-state index is 0.0112. The van der Waals surface area contributed by atoms with Crippen LogP contribution in [0.15, 0.2) is 0 Å². The first-order chi connectivity index (χ1) is 40.2. The molecule has 9 aliphatic rings. The predicted molar refractivity (Wildman–Crippen MR) is 296 cm³/mol. The van der Waals surface area contributed by atoms with Gasteiger partial charge in [0.1, 0.15) is 66.6 Å². The molecule has 4 aliphatic carbocycles. The summed E-state index contributed by atoms with van der Waals surface area (Å²) in [6.45, 7) is 17.6. The van der Waals surface area contributed by atoms with Gasteiger partial charge in [0.2, 0.25) is 0 Å². The molecule has 5 saturated heterocycles. The fourth-order valence-electron chi connectivity index (χ4n) is 16.8. The third kappa shape index (κ3) is 12.9. The van der Waals surface area contributed by atoms with Crippen molar-refractivity contribution in [1.82, 2.24) is 0 Å². The molecular formula is C61H102O24. The third-order valence-electron chi connectivity index (χ3n) is 22.2. The summed E-state index contributed by atoms with van der Waals surface area (Å²) >= 11 is 0. The summed E-state index contributed by atoms with van der Waals surface area (Å²) in [5.74, 6) is -1.20. The molecule has 32 unspecified atom stereocenters. The monoisotopic (exact) mass is 1220 g/mol. The van der Waals surface area contributed by atoms with Crippen molar-refractivity contribution in [3.8, 4) is 0 Å². The number of fused-ring (bicyclic) bond motifs is 5. The number of carbonyl (C=O) groups is 2. The van der Waals surface area contributed by atoms with E-state index in [0.29, 0.717) is 25.7 Å². The lowest BCUT2D eigenvalue weighted by Crippen LogP contribution is -2.72. The summed E-state index contributed by atoms with van der Waals surface area (Å²) in [7, 11) is 4.70. The van der Waals surface area contributed by atoms with Gasteiger partial charge in [-0.2, -0.15) is 0 Å². The summed E-state index contributed by atoms with van der Waals surface area (Å²) in [5.41, 5.74) is -4.54. The molecule has 85 heavy (non-hydrogen) atoms. The quantitative estimate of drug-likeness (QED) is 0.0722. The maximum atomic E-state index is 13.1. The predicted octanol–water partition coefficient (Wildman–Crippen LogP) is 3.07. The Bertz CT molecular complexity index is 2200. The van der Waals surface area contributed by atoms with E-state index in [0.717, 1.165) is 32.1 Å². The van der Waals surface area contributed by atoms with Gasteiger partial charge in [-0.3, -0.25) is 9.59 Å². The highest BCUT2D eigenvalue weighted by molar-refractivity contribution is 5.72. The van der Waals surface area contributed by atoms with E-state index >= 15 is 0 Å². The van der Waals surface area contributed by atoms with Crippen LogP contribution in [0.25, 0.3) is 0 Å². The molecule has 0 amide bonds. The van der Waals surface area contributed by atoms with Crippen LogP contribution < -0.4 is 0 Å². The molecule has 9 fully saturated rings. The molecule has 0 aromatic heterocycles. The van der Waals surface area contributed by atoms with Gasteiger partial charge in [0.25, 0.3) is 0 Å². The number of carbonyl (C=O) groups excluding carboxylic acids is 2. The Balaban J connectivity index is 0.749. The van der Waals surface area contributed by atoms with Gasteiger partial charge in [-0.15, -0.1) is 0 Å². The highest BCUT2D eigenvalue weighted by atomic mass is 16.8. The first-order valence-electron chi connectivity index (χ1n) is 31.5. The Kier molecular flexibility index (Phi) is 21.6. The van der Waals surface area contributed by atoms with E-state index in [9.17, 15) is 45.3 Å². The van der Waals surface area contributed by atoms with E-state index in [-0.39, 0.29) is 60.9 Å². The highest BCUT2D eigenvalue weighted by Gasteiger charge is 2.77. The molecule has 5 aliphatic heterocycles. The lowest BCUT2D eigenvalue weighted by Gasteiger charge is -2.66. The van der Waals surface area contributed by atoms with Crippen molar-refractivity contribution >= 4 is 11.9 Å². The fourth-order valence-corrected chi connectivity index (χ4v) is 16.8. The third-order valence-corrected chi connectivity index (χ3v) is 22.2. The Hall–Kier alpha value is -1.86. The van der Waals surface area contributed by atoms with Crippen LogP contribution in [0.2, 0.25) is 0 Å². The van der Waals surface area contributed by atoms with E-state index < -0.39 is 176 Å². The molecule has 0 aromatic rings. The standard InChI is InChI=1S/C61H102O24/c1-14-28(2)56(68)78-33(7)60(69)19-20-61(70)37-16-15-35-21-36(17-18-58(35,9)38(37)22-44(59(60,61)10)79-34(8)63)80-45-23-39(64)52(29(3)74-45)82-46-24-40(71-11)53(30(4)75-46)83-47-25-41(72-12)54(31(5)76-47)84-48-26-42(73-13)55(32(6)77-48)85-57-51(67)50(66)49(65)43(27-62)81-57/h28-33,35-55,57,62,64-67,69-70H,14-27H2,1-13H3. The highest BCUT2D eigenvalue weighted by Crippen LogP contribution is 2.71. The van der Waals surface area contributed by atoms with Gasteiger partial charge in [-0.1, -0.05) is 27.7 Å². The zero-order valence-corrected chi connectivity index (χ0v) is 52.1. The molecule has 0 bridgehead atoms. The Morgan fingerprint density at radius 3 is 1.62 bits per heavy atom. The largest absolute Gasteiger partial charge is 0.462 e. The molecule has 5 heterocycles. The summed E-state index contributed by atoms with van der Waals surface area (Å²) < 4.78 is 93.5. The maximum Gasteiger partial charge on any atom is 0.309 e. The zero-order chi connectivity index (χ0) is 61.8. The van der Waals surface area contributed by atoms with E-state index in [1.54, 1.807) is 35.0 Å². The van der Waals surface area contributed by atoms with E-state index in [2.05, 4.69) is 6.92 Å². The molecule has 32 atom stereocenters. The summed E-state index contributed by atoms with van der Waals surface area (Å²) in [6.07, 6.45) is -13.1. The van der Waals surface area contributed by atoms with Crippen molar-refractivity contribution < 1.29 is 116 Å². The van der Waals surface area contributed by atoms with Gasteiger partial charge in [0.15, 0.2) is 31.5 Å². The van der Waals surface area contributed by atoms with Crippen LogP contribution >= 0.6 is 0 Å². The first-order valence-corrected chi connectivity index (χ1v) is 31.5. The van der Waals surface area contributed by atoms with E-state index in [4.69, 9.17) is 71.1 Å². The lowest BCUT2D eigenvalue weighted by atomic mass is 9.42. The van der Waals surface area contributed by atoms with Crippen LogP contribution in [0, 0.1) is 34.5 Å². The molecule has 0 radical (unpaired) electrons. The molecule has 0 aromatic carbocycles. The molecule has 490 valence electrons. The lowest BCUT2D eigenvalue weighted by molar-refractivity contribution is -0.358. The van der Waals surface area contributed by atoms with Crippen LogP contribution in [0.3, 0.4) is 0 Å². The second-order valence-electron chi connectivity index (χ2n) is 26.8. The Labute approximate surface area is 500 Å². The number of hydrogen-bond acceptors (Lipinski definition) is 24. The topological polar surface area (TPSA) is 314 Å². The average molecular weight is 1220 g/mol. The van der Waals surface area contributed by atoms with Gasteiger partial charge in [-0.05, 0) is 116 Å². The van der Waals surface area contributed by atoms with Crippen LogP contribution in [-0.2, 0) is 80.6 Å². The van der Waals surface area contributed by atoms with Crippen LogP contribution in [0.5, 0.6) is 0 Å². The van der Waals surface area contributed by atoms with Crippen molar-refractivity contribution in [3.63, 3.8) is 0 Å². The smallest absolute Gasteiger partial charge is 0.309 e. The van der Waals surface area contributed by atoms with Gasteiger partial charge in [0.05, 0.1) is 78.5 Å². The number of hydrogen-bond donors (Lipinski definition) is 7. The minimum Gasteiger partial charge on any atom is -0.462 e. The van der Waals surface area contributed by atoms with Gasteiger partial charge in [-0.25, -0.2) is 0 Å². The number of aliphatic hydroxyl groups is 7. The molecular weight excluding hydrogens is 1120 g/mol. The number of ether oxygens (including phenoxy) is 15. The van der Waals surface area contributed by atoms with Crippen molar-refractivity contribution in [3.05, 3.63) is 0 Å². The fraction of sp³-hybridized carbons (Fsp3) is 0.967. The van der Waals surface area contributed by atoms with Gasteiger partial charge in [0, 0.05) is 53.9 Å². The molecule has 24 heteroatoms. The first kappa shape index (κ1) is 67.5. The SMILES string of the molecule is CCC(C)C(=O)OC(C)C1(O)CCC2(O)C3CCC4CC(OC5CC(O)C(OC6CC(OC)C(OC7CC(OC)C(OC8CC(OC)C(OC9OC(CO)C(O)C(O)C9O)C(C)O8)C(C)O7)C(C)O6)C(C)O5)CCC4(C)C3CC(OC(C)=O)C12C. The van der Waals surface area contributed by atoms with Crippen molar-refractivity contribution in [2.45, 2.75) is 311 Å². The minimum atomic E-state index is -1.63. The van der Waals surface area contributed by atoms with E-state index in [1.807, 2.05) is 34.6 Å². The van der Waals surface area contributed by atoms with Crippen molar-refractivity contribution in [1.29, 1.82) is 0 Å². The number of aliphatic hydroxyl groups excluding tert-OH is 5. The molecule has 4 saturated carbocycles. The summed E-state index contributed by atoms with van der Waals surface area (Å²) in [4.78, 5) is 25.9. The van der Waals surface area contributed by atoms with Crippen LogP contribution in [0.4, 0.5) is 0 Å². The molecule has 24 nitrogen and oxygen atoms in total. The van der Waals surface area contributed by atoms with Crippen LogP contribution in [0.1, 0.15) is 153 Å². The summed E-state index contributed by atoms with van der Waals surface area (Å²) in [6, 6.07) is 0. The normalized spacial score (nSPS) is 50.9. The summed E-state index contributed by atoms with van der Waals surface area (Å²) in [5, 5.41) is 78.3. The second-order valence-corrected chi connectivity index (χ2v) is 26.8. The average Bonchev–Trinajstić information content (AvgIpc) is 1.94. The maximum absolute atomic E-state index is 13.1. The van der Waals surface area contributed by atoms with Crippen LogP contribution in [-0.4, -0.2) is 234 Å². The van der Waals surface area contributed by atoms with Crippen molar-refractivity contribution in [2.75, 3.05) is 27.9 Å². The van der Waals surface area contributed by atoms with E-state index in [1.165, 1.54) is 14.0 Å². The van der Waals surface area contributed by atoms with Crippen molar-refractivity contribution in [2.24, 2.45) is 34.5 Å².